The van der Waals surface area contributed by atoms with Crippen LogP contribution < -0.4 is 11.1 Å². The van der Waals surface area contributed by atoms with Crippen LogP contribution in [0.3, 0.4) is 0 Å². The number of benzene rings is 2. The molecule has 2 atom stereocenters. The lowest BCUT2D eigenvalue weighted by Crippen LogP contribution is -2.27. The fraction of sp³-hybridized carbons (Fsp3) is 0.294. The summed E-state index contributed by atoms with van der Waals surface area (Å²) in [5, 5.41) is 4.57. The van der Waals surface area contributed by atoms with Crippen molar-refractivity contribution in [2.45, 2.75) is 12.1 Å². The van der Waals surface area contributed by atoms with Crippen LogP contribution in [-0.4, -0.2) is 33.2 Å². The van der Waals surface area contributed by atoms with E-state index in [2.05, 4.69) is 5.32 Å². The number of nitrogens with one attached hydrogen (secondary N) is 1. The fourth-order valence-corrected chi connectivity index (χ4v) is 2.65. The number of carbonyl (C=O) groups excluding carboxylic acids is 2. The molecule has 0 aliphatic rings. The van der Waals surface area contributed by atoms with Gasteiger partial charge in [0.2, 0.25) is 0 Å². The van der Waals surface area contributed by atoms with E-state index in [1.165, 1.54) is 14.2 Å². The van der Waals surface area contributed by atoms with Gasteiger partial charge in [0, 0.05) is 0 Å². The third kappa shape index (κ3) is 3.18. The third-order valence-corrected chi connectivity index (χ3v) is 3.82. The molecule has 0 amide bonds. The summed E-state index contributed by atoms with van der Waals surface area (Å²) in [5.74, 6) is -0.899. The second-order valence-corrected chi connectivity index (χ2v) is 5.04. The van der Waals surface area contributed by atoms with Gasteiger partial charge < -0.3 is 20.5 Å². The van der Waals surface area contributed by atoms with Crippen LogP contribution in [-0.2, 0) is 19.1 Å². The number of ether oxygens (including phenoxy) is 2. The van der Waals surface area contributed by atoms with Gasteiger partial charge in [0.05, 0.1) is 14.2 Å². The minimum Gasteiger partial charge on any atom is -0.468 e. The molecule has 0 aliphatic carbocycles. The quantitative estimate of drug-likeness (QED) is 0.811. The monoisotopic (exact) mass is 316 g/mol. The topological polar surface area (TPSA) is 90.6 Å². The van der Waals surface area contributed by atoms with E-state index in [-0.39, 0.29) is 5.97 Å². The molecule has 0 fully saturated rings. The van der Waals surface area contributed by atoms with Crippen LogP contribution in [0.15, 0.2) is 36.4 Å². The molecule has 2 aromatic carbocycles. The molecule has 6 nitrogen and oxygen atoms in total. The predicted molar refractivity (Wildman–Crippen MR) is 86.7 cm³/mol. The Bertz CT molecular complexity index is 730. The molecule has 0 spiro atoms. The van der Waals surface area contributed by atoms with E-state index >= 15 is 0 Å². The van der Waals surface area contributed by atoms with Crippen molar-refractivity contribution >= 4 is 22.7 Å². The first-order valence-electron chi connectivity index (χ1n) is 7.15. The van der Waals surface area contributed by atoms with Crippen molar-refractivity contribution in [1.29, 1.82) is 0 Å². The van der Waals surface area contributed by atoms with Crippen LogP contribution in [0.25, 0.3) is 10.8 Å². The molecule has 0 radical (unpaired) electrons. The molecule has 2 rings (SSSR count). The molecule has 0 saturated heterocycles. The van der Waals surface area contributed by atoms with E-state index in [1.807, 2.05) is 24.3 Å². The van der Waals surface area contributed by atoms with Crippen molar-refractivity contribution in [3.63, 3.8) is 0 Å². The van der Waals surface area contributed by atoms with Gasteiger partial charge in [-0.3, -0.25) is 4.79 Å². The van der Waals surface area contributed by atoms with Gasteiger partial charge in [0.25, 0.3) is 0 Å². The first-order valence-corrected chi connectivity index (χ1v) is 7.15. The molecule has 2 unspecified atom stereocenters. The lowest BCUT2D eigenvalue weighted by atomic mass is 9.93. The number of carbonyl (C=O) groups is 2. The third-order valence-electron chi connectivity index (χ3n) is 3.82. The molecule has 0 heterocycles. The van der Waals surface area contributed by atoms with E-state index in [0.29, 0.717) is 5.56 Å². The standard InChI is InChI=1S/C17H20N2O4/c1-19-15(17(21)23-3)13-9-5-6-10-11(13)7-4-8-12(10)14(18)16(20)22-2/h4-9,14-15,19H,18H2,1-3H3. The zero-order valence-corrected chi connectivity index (χ0v) is 13.3. The minimum atomic E-state index is -0.884. The smallest absolute Gasteiger partial charge is 0.327 e. The number of rotatable bonds is 5. The Morgan fingerprint density at radius 3 is 2.00 bits per heavy atom. The second kappa shape index (κ2) is 7.21. The van der Waals surface area contributed by atoms with Crippen molar-refractivity contribution in [1.82, 2.24) is 5.32 Å². The Hall–Kier alpha value is -2.44. The first kappa shape index (κ1) is 16.9. The zero-order chi connectivity index (χ0) is 17.0. The van der Waals surface area contributed by atoms with Gasteiger partial charge in [-0.25, -0.2) is 4.79 Å². The average molecular weight is 316 g/mol. The maximum atomic E-state index is 12.0. The van der Waals surface area contributed by atoms with Gasteiger partial charge in [0.1, 0.15) is 12.1 Å². The van der Waals surface area contributed by atoms with Gasteiger partial charge >= 0.3 is 11.9 Å². The van der Waals surface area contributed by atoms with Crippen LogP contribution >= 0.6 is 0 Å². The summed E-state index contributed by atoms with van der Waals surface area (Å²) in [7, 11) is 4.33. The van der Waals surface area contributed by atoms with Crippen LogP contribution in [0.2, 0.25) is 0 Å². The lowest BCUT2D eigenvalue weighted by molar-refractivity contribution is -0.143. The first-order chi connectivity index (χ1) is 11.0. The summed E-state index contributed by atoms with van der Waals surface area (Å²) in [4.78, 5) is 23.7. The fourth-order valence-electron chi connectivity index (χ4n) is 2.65. The Morgan fingerprint density at radius 1 is 0.957 bits per heavy atom. The van der Waals surface area contributed by atoms with Gasteiger partial charge in [-0.15, -0.1) is 0 Å². The molecule has 23 heavy (non-hydrogen) atoms. The number of nitrogens with two attached hydrogens (primary N) is 1. The Kier molecular flexibility index (Phi) is 5.31. The number of hydrogen-bond acceptors (Lipinski definition) is 6. The van der Waals surface area contributed by atoms with E-state index in [9.17, 15) is 9.59 Å². The molecule has 0 aromatic heterocycles. The predicted octanol–water partition coefficient (Wildman–Crippen LogP) is 1.45. The number of hydrogen-bond donors (Lipinski definition) is 2. The Labute approximate surface area is 134 Å². The van der Waals surface area contributed by atoms with Gasteiger partial charge in [-0.2, -0.15) is 0 Å². The molecule has 122 valence electrons. The molecule has 6 heteroatoms. The highest BCUT2D eigenvalue weighted by molar-refractivity contribution is 5.95. The van der Waals surface area contributed by atoms with E-state index < -0.39 is 18.1 Å². The zero-order valence-electron chi connectivity index (χ0n) is 13.3. The maximum Gasteiger partial charge on any atom is 0.327 e. The molecule has 0 aliphatic heterocycles. The molecule has 3 N–H and O–H groups in total. The summed E-state index contributed by atoms with van der Waals surface area (Å²) >= 11 is 0. The van der Waals surface area contributed by atoms with E-state index in [0.717, 1.165) is 16.3 Å². The van der Waals surface area contributed by atoms with Gasteiger partial charge in [0.15, 0.2) is 0 Å². The summed E-state index contributed by atoms with van der Waals surface area (Å²) in [5.41, 5.74) is 7.39. The normalized spacial score (nSPS) is 13.4. The minimum absolute atomic E-state index is 0.386. The highest BCUT2D eigenvalue weighted by atomic mass is 16.5. The SMILES string of the molecule is CNC(C(=O)OC)c1cccc2c(C(N)C(=O)OC)cccc12. The number of fused-ring (bicyclic) bond motifs is 1. The number of likely N-dealkylation sites (N-methyl/N-ethyl adjacent to an activating group) is 1. The Balaban J connectivity index is 2.63. The van der Waals surface area contributed by atoms with Crippen molar-refractivity contribution < 1.29 is 19.1 Å². The maximum absolute atomic E-state index is 12.0. The van der Waals surface area contributed by atoms with Crippen molar-refractivity contribution in [2.24, 2.45) is 5.73 Å². The van der Waals surface area contributed by atoms with Crippen LogP contribution in [0, 0.1) is 0 Å². The summed E-state index contributed by atoms with van der Waals surface area (Å²) in [6, 6.07) is 9.49. The molecule has 2 aromatic rings. The summed E-state index contributed by atoms with van der Waals surface area (Å²) in [6.07, 6.45) is 0. The van der Waals surface area contributed by atoms with Crippen molar-refractivity contribution in [3.05, 3.63) is 47.5 Å². The molecular formula is C17H20N2O4. The second-order valence-electron chi connectivity index (χ2n) is 5.04. The molecule has 0 saturated carbocycles. The molecular weight excluding hydrogens is 296 g/mol. The van der Waals surface area contributed by atoms with Gasteiger partial charge in [-0.1, -0.05) is 36.4 Å². The number of methoxy groups -OCH3 is 2. The lowest BCUT2D eigenvalue weighted by Gasteiger charge is -2.18. The van der Waals surface area contributed by atoms with Crippen LogP contribution in [0.5, 0.6) is 0 Å². The van der Waals surface area contributed by atoms with Gasteiger partial charge in [-0.05, 0) is 28.9 Å². The summed E-state index contributed by atoms with van der Waals surface area (Å²) < 4.78 is 9.56. The summed E-state index contributed by atoms with van der Waals surface area (Å²) in [6.45, 7) is 0. The highest BCUT2D eigenvalue weighted by Gasteiger charge is 2.24. The van der Waals surface area contributed by atoms with Crippen LogP contribution in [0.1, 0.15) is 23.2 Å². The van der Waals surface area contributed by atoms with E-state index in [1.54, 1.807) is 19.2 Å². The Morgan fingerprint density at radius 2 is 1.48 bits per heavy atom. The molecule has 0 bridgehead atoms. The average Bonchev–Trinajstić information content (AvgIpc) is 2.60. The number of esters is 2. The van der Waals surface area contributed by atoms with E-state index in [4.69, 9.17) is 15.2 Å². The van der Waals surface area contributed by atoms with Crippen molar-refractivity contribution in [2.75, 3.05) is 21.3 Å². The highest BCUT2D eigenvalue weighted by Crippen LogP contribution is 2.30. The van der Waals surface area contributed by atoms with Crippen LogP contribution in [0.4, 0.5) is 0 Å². The van der Waals surface area contributed by atoms with Crippen molar-refractivity contribution in [3.8, 4) is 0 Å². The largest absolute Gasteiger partial charge is 0.468 e.